The fourth-order valence-electron chi connectivity index (χ4n) is 7.59. The molecule has 9 nitrogen and oxygen atoms in total. The molecule has 2 atom stereocenters. The molecule has 1 amide bonds. The second-order valence-electron chi connectivity index (χ2n) is 13.1. The number of nitrogens with one attached hydrogen (secondary N) is 1. The van der Waals surface area contributed by atoms with Crippen LogP contribution >= 0.6 is 0 Å². The number of aryl methyl sites for hydroxylation is 1. The Morgan fingerprint density at radius 2 is 1.56 bits per heavy atom. The lowest BCUT2D eigenvalue weighted by molar-refractivity contribution is -0.124. The van der Waals surface area contributed by atoms with Crippen LogP contribution in [-0.2, 0) is 31.9 Å². The van der Waals surface area contributed by atoms with Crippen molar-refractivity contribution in [2.24, 2.45) is 25.9 Å². The highest BCUT2D eigenvalue weighted by Crippen LogP contribution is 2.38. The highest BCUT2D eigenvalue weighted by molar-refractivity contribution is 5.84. The van der Waals surface area contributed by atoms with Crippen molar-refractivity contribution in [1.82, 2.24) is 24.0 Å². The van der Waals surface area contributed by atoms with Crippen LogP contribution in [0.15, 0.2) is 64.2 Å². The van der Waals surface area contributed by atoms with E-state index in [1.807, 2.05) is 59.2 Å². The molecule has 2 N–H and O–H groups in total. The molecule has 0 aliphatic heterocycles. The van der Waals surface area contributed by atoms with E-state index in [0.29, 0.717) is 23.6 Å². The maximum absolute atomic E-state index is 13.8. The van der Waals surface area contributed by atoms with Crippen molar-refractivity contribution in [3.05, 3.63) is 98.0 Å². The SMILES string of the molecule is Cn1c(=O)c2c(nc(CC3CCCCC3)n2Cc2ccc(C(C(=O)NC(CO)c3ccccc3)C3CCCC3)cc2)n(C)c1=O. The minimum atomic E-state index is -0.461. The lowest BCUT2D eigenvalue weighted by atomic mass is 9.83. The molecule has 0 radical (unpaired) electrons. The van der Waals surface area contributed by atoms with Gasteiger partial charge in [0, 0.05) is 27.1 Å². The molecule has 6 rings (SSSR count). The second-order valence-corrected chi connectivity index (χ2v) is 13.1. The van der Waals surface area contributed by atoms with Crippen molar-refractivity contribution in [2.75, 3.05) is 6.61 Å². The number of aliphatic hydroxyl groups excluding tert-OH is 1. The average Bonchev–Trinajstić information content (AvgIpc) is 3.72. The van der Waals surface area contributed by atoms with Crippen molar-refractivity contribution >= 4 is 17.1 Å². The van der Waals surface area contributed by atoms with E-state index in [-0.39, 0.29) is 35.6 Å². The van der Waals surface area contributed by atoms with Crippen molar-refractivity contribution < 1.29 is 9.90 Å². The Kier molecular flexibility index (Phi) is 9.35. The Morgan fingerprint density at radius 1 is 0.889 bits per heavy atom. The largest absolute Gasteiger partial charge is 0.394 e. The van der Waals surface area contributed by atoms with Crippen LogP contribution < -0.4 is 16.6 Å². The number of aliphatic hydroxyl groups is 1. The van der Waals surface area contributed by atoms with Crippen LogP contribution in [0.25, 0.3) is 11.2 Å². The van der Waals surface area contributed by atoms with Crippen LogP contribution in [0, 0.1) is 11.8 Å². The molecule has 2 heterocycles. The molecule has 9 heteroatoms. The highest BCUT2D eigenvalue weighted by atomic mass is 16.3. The summed E-state index contributed by atoms with van der Waals surface area (Å²) < 4.78 is 4.64. The number of nitrogens with zero attached hydrogens (tertiary/aromatic N) is 4. The van der Waals surface area contributed by atoms with Gasteiger partial charge in [-0.25, -0.2) is 9.78 Å². The minimum absolute atomic E-state index is 0.0580. The fraction of sp³-hybridized carbons (Fsp3) is 0.500. The molecule has 2 aromatic heterocycles. The molecular weight excluding hydrogens is 566 g/mol. The molecule has 0 saturated heterocycles. The molecule has 4 aromatic rings. The first-order valence-electron chi connectivity index (χ1n) is 16.6. The zero-order valence-electron chi connectivity index (χ0n) is 26.5. The number of imidazole rings is 1. The van der Waals surface area contributed by atoms with Crippen molar-refractivity contribution in [3.63, 3.8) is 0 Å². The molecule has 45 heavy (non-hydrogen) atoms. The molecule has 2 aliphatic carbocycles. The Hall–Kier alpha value is -3.98. The number of hydrogen-bond acceptors (Lipinski definition) is 5. The van der Waals surface area contributed by atoms with E-state index in [9.17, 15) is 19.5 Å². The number of aromatic nitrogens is 4. The van der Waals surface area contributed by atoms with Crippen LogP contribution in [0.2, 0.25) is 0 Å². The van der Waals surface area contributed by atoms with E-state index in [1.54, 1.807) is 7.05 Å². The third kappa shape index (κ3) is 6.41. The van der Waals surface area contributed by atoms with Crippen LogP contribution in [0.4, 0.5) is 0 Å². The highest BCUT2D eigenvalue weighted by Gasteiger charge is 2.33. The second kappa shape index (κ2) is 13.6. The van der Waals surface area contributed by atoms with Gasteiger partial charge in [0.25, 0.3) is 5.56 Å². The van der Waals surface area contributed by atoms with Crippen LogP contribution in [0.3, 0.4) is 0 Å². The van der Waals surface area contributed by atoms with Crippen LogP contribution in [0.1, 0.15) is 92.3 Å². The minimum Gasteiger partial charge on any atom is -0.394 e. The van der Waals surface area contributed by atoms with E-state index >= 15 is 0 Å². The zero-order chi connectivity index (χ0) is 31.5. The van der Waals surface area contributed by atoms with Gasteiger partial charge < -0.3 is 15.0 Å². The molecule has 2 aromatic carbocycles. The lowest BCUT2D eigenvalue weighted by Crippen LogP contribution is -2.37. The lowest BCUT2D eigenvalue weighted by Gasteiger charge is -2.26. The predicted octanol–water partition coefficient (Wildman–Crippen LogP) is 4.73. The average molecular weight is 612 g/mol. The first kappa shape index (κ1) is 31.0. The summed E-state index contributed by atoms with van der Waals surface area (Å²) in [6, 6.07) is 17.3. The van der Waals surface area contributed by atoms with Gasteiger partial charge >= 0.3 is 5.69 Å². The van der Waals surface area contributed by atoms with Gasteiger partial charge in [-0.3, -0.25) is 18.7 Å². The number of benzene rings is 2. The van der Waals surface area contributed by atoms with Crippen LogP contribution in [-0.4, -0.2) is 36.3 Å². The molecular formula is C36H45N5O4. The van der Waals surface area contributed by atoms with Crippen molar-refractivity contribution in [3.8, 4) is 0 Å². The third-order valence-electron chi connectivity index (χ3n) is 10.2. The van der Waals surface area contributed by atoms with E-state index in [1.165, 1.54) is 30.9 Å². The molecule has 0 bridgehead atoms. The van der Waals surface area contributed by atoms with Gasteiger partial charge in [0.15, 0.2) is 11.2 Å². The van der Waals surface area contributed by atoms with Gasteiger partial charge in [-0.05, 0) is 41.4 Å². The summed E-state index contributed by atoms with van der Waals surface area (Å²) in [6.07, 6.45) is 11.0. The summed E-state index contributed by atoms with van der Waals surface area (Å²) in [7, 11) is 3.19. The summed E-state index contributed by atoms with van der Waals surface area (Å²) >= 11 is 0. The molecule has 2 unspecified atom stereocenters. The maximum atomic E-state index is 13.8. The van der Waals surface area contributed by atoms with Crippen LogP contribution in [0.5, 0.6) is 0 Å². The van der Waals surface area contributed by atoms with E-state index < -0.39 is 6.04 Å². The topological polar surface area (TPSA) is 111 Å². The summed E-state index contributed by atoms with van der Waals surface area (Å²) in [5.41, 5.74) is 3.02. The zero-order valence-corrected chi connectivity index (χ0v) is 26.5. The smallest absolute Gasteiger partial charge is 0.332 e. The number of carbonyl (C=O) groups excluding carboxylic acids is 1. The maximum Gasteiger partial charge on any atom is 0.332 e. The summed E-state index contributed by atoms with van der Waals surface area (Å²) in [5.74, 6) is 1.24. The van der Waals surface area contributed by atoms with Gasteiger partial charge in [0.2, 0.25) is 5.91 Å². The Balaban J connectivity index is 1.31. The van der Waals surface area contributed by atoms with Gasteiger partial charge in [-0.2, -0.15) is 0 Å². The molecule has 2 aliphatic rings. The first-order chi connectivity index (χ1) is 21.9. The molecule has 238 valence electrons. The van der Waals surface area contributed by atoms with Gasteiger partial charge in [0.1, 0.15) is 5.82 Å². The van der Waals surface area contributed by atoms with Gasteiger partial charge in [-0.15, -0.1) is 0 Å². The standard InChI is InChI=1S/C36H45N5O4/c1-39-33-32(35(44)40(2)36(39)45)41(30(38-33)21-24-11-5-3-6-12-24)22-25-17-19-28(20-18-25)31(27-15-9-10-16-27)34(43)37-29(23-42)26-13-7-4-8-14-26/h4,7-8,13-14,17-20,24,27,29,31,42H,3,5-6,9-12,15-16,21-23H2,1-2H3,(H,37,43). The van der Waals surface area contributed by atoms with E-state index in [4.69, 9.17) is 4.98 Å². The Labute approximate surface area is 263 Å². The van der Waals surface area contributed by atoms with Crippen molar-refractivity contribution in [2.45, 2.75) is 82.7 Å². The van der Waals surface area contributed by atoms with Crippen molar-refractivity contribution in [1.29, 1.82) is 0 Å². The molecule has 0 spiro atoms. The quantitative estimate of drug-likeness (QED) is 0.270. The molecule has 2 saturated carbocycles. The number of carbonyl (C=O) groups is 1. The number of fused-ring (bicyclic) bond motifs is 1. The summed E-state index contributed by atoms with van der Waals surface area (Å²) in [4.78, 5) is 44.9. The van der Waals surface area contributed by atoms with E-state index in [2.05, 4.69) is 5.32 Å². The molecule has 2 fully saturated rings. The normalized spacial score (nSPS) is 17.5. The van der Waals surface area contributed by atoms with Gasteiger partial charge in [-0.1, -0.05) is 99.5 Å². The number of amides is 1. The fourth-order valence-corrected chi connectivity index (χ4v) is 7.59. The Morgan fingerprint density at radius 3 is 2.22 bits per heavy atom. The summed E-state index contributed by atoms with van der Waals surface area (Å²) in [6.45, 7) is 0.284. The number of rotatable bonds is 10. The third-order valence-corrected chi connectivity index (χ3v) is 10.2. The Bertz CT molecular complexity index is 1740. The predicted molar refractivity (Wildman–Crippen MR) is 175 cm³/mol. The van der Waals surface area contributed by atoms with Gasteiger partial charge in [0.05, 0.1) is 18.6 Å². The monoisotopic (exact) mass is 611 g/mol. The number of hydrogen-bond donors (Lipinski definition) is 2. The van der Waals surface area contributed by atoms with E-state index in [0.717, 1.165) is 72.0 Å². The summed E-state index contributed by atoms with van der Waals surface area (Å²) in [5, 5.41) is 13.2. The first-order valence-corrected chi connectivity index (χ1v) is 16.6.